The van der Waals surface area contributed by atoms with Gasteiger partial charge in [-0.3, -0.25) is 0 Å². The van der Waals surface area contributed by atoms with Gasteiger partial charge in [0.05, 0.1) is 23.1 Å². The van der Waals surface area contributed by atoms with Gasteiger partial charge < -0.3 is 20.0 Å². The minimum Gasteiger partial charge on any atom is -0.478 e. The summed E-state index contributed by atoms with van der Waals surface area (Å²) < 4.78 is 11.0. The van der Waals surface area contributed by atoms with E-state index in [0.29, 0.717) is 16.8 Å². The SMILES string of the molecule is Nc1c(-c2ccoc2)cc(-c2cccs2)nc1OC(C(=O)O)c1ccccc1. The summed E-state index contributed by atoms with van der Waals surface area (Å²) in [6.45, 7) is 0. The number of hydrogen-bond donors (Lipinski definition) is 2. The number of nitrogen functional groups attached to an aromatic ring is 1. The Kier molecular flexibility index (Phi) is 4.82. The summed E-state index contributed by atoms with van der Waals surface area (Å²) in [6.07, 6.45) is 1.89. The highest BCUT2D eigenvalue weighted by Gasteiger charge is 2.25. The zero-order chi connectivity index (χ0) is 19.5. The second kappa shape index (κ2) is 7.58. The van der Waals surface area contributed by atoms with E-state index in [4.69, 9.17) is 14.9 Å². The number of carboxylic acid groups (broad SMARTS) is 1. The summed E-state index contributed by atoms with van der Waals surface area (Å²) in [5.41, 5.74) is 9.13. The van der Waals surface area contributed by atoms with Gasteiger partial charge in [-0.25, -0.2) is 9.78 Å². The van der Waals surface area contributed by atoms with Gasteiger partial charge in [-0.15, -0.1) is 11.3 Å². The van der Waals surface area contributed by atoms with Crippen molar-refractivity contribution in [3.63, 3.8) is 0 Å². The lowest BCUT2D eigenvalue weighted by atomic mass is 10.1. The van der Waals surface area contributed by atoms with Crippen molar-refractivity contribution in [2.24, 2.45) is 0 Å². The molecule has 1 atom stereocenters. The second-order valence-corrected chi connectivity index (χ2v) is 6.96. The number of aromatic nitrogens is 1. The van der Waals surface area contributed by atoms with E-state index in [1.54, 1.807) is 42.9 Å². The molecule has 6 nitrogen and oxygen atoms in total. The molecule has 0 spiro atoms. The van der Waals surface area contributed by atoms with Gasteiger partial charge in [0, 0.05) is 16.7 Å². The van der Waals surface area contributed by atoms with Gasteiger partial charge in [-0.05, 0) is 23.6 Å². The highest BCUT2D eigenvalue weighted by molar-refractivity contribution is 7.13. The Hall–Kier alpha value is -3.58. The number of nitrogens with two attached hydrogens (primary N) is 1. The van der Waals surface area contributed by atoms with Crippen molar-refractivity contribution in [1.82, 2.24) is 4.98 Å². The first kappa shape index (κ1) is 17.8. The minimum absolute atomic E-state index is 0.0679. The van der Waals surface area contributed by atoms with Crippen LogP contribution in [0.25, 0.3) is 21.7 Å². The van der Waals surface area contributed by atoms with Crippen molar-refractivity contribution in [2.45, 2.75) is 6.10 Å². The third kappa shape index (κ3) is 3.47. The number of benzene rings is 1. The van der Waals surface area contributed by atoms with E-state index in [-0.39, 0.29) is 11.6 Å². The van der Waals surface area contributed by atoms with Crippen LogP contribution in [0.3, 0.4) is 0 Å². The van der Waals surface area contributed by atoms with Crippen LogP contribution in [0, 0.1) is 0 Å². The first-order valence-corrected chi connectivity index (χ1v) is 9.33. The molecule has 0 saturated heterocycles. The summed E-state index contributed by atoms with van der Waals surface area (Å²) >= 11 is 1.52. The predicted octanol–water partition coefficient (Wildman–Crippen LogP) is 4.86. The molecule has 0 aliphatic heterocycles. The van der Waals surface area contributed by atoms with Gasteiger partial charge in [-0.1, -0.05) is 36.4 Å². The lowest BCUT2D eigenvalue weighted by Crippen LogP contribution is -2.19. The molecule has 3 heterocycles. The van der Waals surface area contributed by atoms with Crippen molar-refractivity contribution in [3.05, 3.63) is 78.1 Å². The van der Waals surface area contributed by atoms with Gasteiger partial charge >= 0.3 is 5.97 Å². The summed E-state index contributed by atoms with van der Waals surface area (Å²) in [5, 5.41) is 11.6. The highest BCUT2D eigenvalue weighted by atomic mass is 32.1. The third-order valence-electron chi connectivity index (χ3n) is 4.19. The van der Waals surface area contributed by atoms with Crippen LogP contribution in [-0.2, 0) is 4.79 Å². The molecule has 0 bridgehead atoms. The van der Waals surface area contributed by atoms with Crippen molar-refractivity contribution in [2.75, 3.05) is 5.73 Å². The Morgan fingerprint density at radius 3 is 2.64 bits per heavy atom. The van der Waals surface area contributed by atoms with E-state index in [9.17, 15) is 9.90 Å². The van der Waals surface area contributed by atoms with Crippen molar-refractivity contribution in [3.8, 4) is 27.6 Å². The van der Waals surface area contributed by atoms with E-state index in [0.717, 1.165) is 10.4 Å². The quantitative estimate of drug-likeness (QED) is 0.486. The predicted molar refractivity (Wildman–Crippen MR) is 107 cm³/mol. The number of carbonyl (C=O) groups is 1. The zero-order valence-electron chi connectivity index (χ0n) is 14.6. The summed E-state index contributed by atoms with van der Waals surface area (Å²) in [7, 11) is 0. The number of furan rings is 1. The van der Waals surface area contributed by atoms with E-state index < -0.39 is 12.1 Å². The van der Waals surface area contributed by atoms with Gasteiger partial charge in [-0.2, -0.15) is 0 Å². The molecule has 0 saturated carbocycles. The molecule has 0 fully saturated rings. The van der Waals surface area contributed by atoms with E-state index >= 15 is 0 Å². The molecule has 0 radical (unpaired) electrons. The number of anilines is 1. The topological polar surface area (TPSA) is 98.6 Å². The van der Waals surface area contributed by atoms with Crippen LogP contribution in [-0.4, -0.2) is 16.1 Å². The number of aliphatic carboxylic acids is 1. The van der Waals surface area contributed by atoms with Crippen molar-refractivity contribution < 1.29 is 19.1 Å². The van der Waals surface area contributed by atoms with Crippen LogP contribution in [0.5, 0.6) is 5.88 Å². The van der Waals surface area contributed by atoms with Crippen LogP contribution < -0.4 is 10.5 Å². The normalized spacial score (nSPS) is 11.9. The van der Waals surface area contributed by atoms with Crippen LogP contribution >= 0.6 is 11.3 Å². The fourth-order valence-corrected chi connectivity index (χ4v) is 3.52. The number of hydrogen-bond acceptors (Lipinski definition) is 6. The maximum Gasteiger partial charge on any atom is 0.349 e. The number of nitrogens with zero attached hydrogens (tertiary/aromatic N) is 1. The first-order chi connectivity index (χ1) is 13.6. The van der Waals surface area contributed by atoms with E-state index in [1.807, 2.05) is 29.6 Å². The summed E-state index contributed by atoms with van der Waals surface area (Å²) in [6, 6.07) is 16.2. The Bertz CT molecular complexity index is 1080. The number of pyridine rings is 1. The lowest BCUT2D eigenvalue weighted by molar-refractivity contribution is -0.145. The Balaban J connectivity index is 1.82. The second-order valence-electron chi connectivity index (χ2n) is 6.01. The number of thiophene rings is 1. The number of carboxylic acids is 1. The molecule has 28 heavy (non-hydrogen) atoms. The average molecular weight is 392 g/mol. The Morgan fingerprint density at radius 2 is 2.00 bits per heavy atom. The van der Waals surface area contributed by atoms with Crippen LogP contribution in [0.2, 0.25) is 0 Å². The Morgan fingerprint density at radius 1 is 1.18 bits per heavy atom. The minimum atomic E-state index is -1.23. The molecule has 1 aromatic carbocycles. The molecule has 1 unspecified atom stereocenters. The van der Waals surface area contributed by atoms with Gasteiger partial charge in [0.15, 0.2) is 0 Å². The molecule has 0 aliphatic carbocycles. The molecule has 3 aromatic heterocycles. The van der Waals surface area contributed by atoms with Crippen LogP contribution in [0.4, 0.5) is 5.69 Å². The molecule has 140 valence electrons. The average Bonchev–Trinajstić information content (AvgIpc) is 3.41. The summed E-state index contributed by atoms with van der Waals surface area (Å²) in [4.78, 5) is 17.3. The lowest BCUT2D eigenvalue weighted by Gasteiger charge is -2.18. The van der Waals surface area contributed by atoms with Gasteiger partial charge in [0.1, 0.15) is 5.69 Å². The van der Waals surface area contributed by atoms with Crippen molar-refractivity contribution >= 4 is 23.0 Å². The summed E-state index contributed by atoms with van der Waals surface area (Å²) in [5.74, 6) is -1.06. The molecule has 3 N–H and O–H groups in total. The molecule has 7 heteroatoms. The molecule has 0 aliphatic rings. The molecular formula is C21H16N2O4S. The molecule has 4 rings (SSSR count). The third-order valence-corrected chi connectivity index (χ3v) is 5.08. The Labute approximate surface area is 164 Å². The van der Waals surface area contributed by atoms with E-state index in [1.165, 1.54) is 11.3 Å². The molecular weight excluding hydrogens is 376 g/mol. The standard InChI is InChI=1S/C21H16N2O4S/c22-18-15(14-8-9-26-12-14)11-16(17-7-4-10-28-17)23-20(18)27-19(21(24)25)13-5-2-1-3-6-13/h1-12,19H,22H2,(H,24,25). The first-order valence-electron chi connectivity index (χ1n) is 8.45. The maximum atomic E-state index is 11.8. The van der Waals surface area contributed by atoms with Gasteiger partial charge in [0.25, 0.3) is 0 Å². The van der Waals surface area contributed by atoms with E-state index in [2.05, 4.69) is 4.98 Å². The van der Waals surface area contributed by atoms with Crippen molar-refractivity contribution in [1.29, 1.82) is 0 Å². The largest absolute Gasteiger partial charge is 0.478 e. The molecule has 0 amide bonds. The van der Waals surface area contributed by atoms with Crippen LogP contribution in [0.15, 0.2) is 76.9 Å². The molecule has 4 aromatic rings. The zero-order valence-corrected chi connectivity index (χ0v) is 15.4. The highest BCUT2D eigenvalue weighted by Crippen LogP contribution is 2.38. The van der Waals surface area contributed by atoms with Gasteiger partial charge in [0.2, 0.25) is 12.0 Å². The number of ether oxygens (including phenoxy) is 1. The monoisotopic (exact) mass is 392 g/mol. The van der Waals surface area contributed by atoms with Crippen LogP contribution in [0.1, 0.15) is 11.7 Å². The fraction of sp³-hybridized carbons (Fsp3) is 0.0476. The smallest absolute Gasteiger partial charge is 0.349 e. The fourth-order valence-electron chi connectivity index (χ4n) is 2.83. The number of rotatable bonds is 6. The maximum absolute atomic E-state index is 11.8.